The largest absolute Gasteiger partial charge is 0.495 e. The summed E-state index contributed by atoms with van der Waals surface area (Å²) in [7, 11) is 1.62. The molecule has 0 aliphatic carbocycles. The highest BCUT2D eigenvalue weighted by Gasteiger charge is 2.11. The van der Waals surface area contributed by atoms with Crippen LogP contribution in [0.4, 0.5) is 0 Å². The number of methoxy groups -OCH3 is 1. The zero-order valence-corrected chi connectivity index (χ0v) is 17.9. The van der Waals surface area contributed by atoms with Gasteiger partial charge >= 0.3 is 0 Å². The highest BCUT2D eigenvalue weighted by atomic mass is 16.5. The number of aliphatic imine (C=N–C) groups is 1. The fraction of sp³-hybridized carbons (Fsp3) is 0.192. The average Bonchev–Trinajstić information content (AvgIpc) is 3.55. The van der Waals surface area contributed by atoms with E-state index < -0.39 is 0 Å². The summed E-state index contributed by atoms with van der Waals surface area (Å²) in [5, 5.41) is 7.31. The second-order valence-electron chi connectivity index (χ2n) is 7.27. The van der Waals surface area contributed by atoms with Crippen LogP contribution in [-0.4, -0.2) is 42.1 Å². The highest BCUT2D eigenvalue weighted by Crippen LogP contribution is 2.19. The van der Waals surface area contributed by atoms with Gasteiger partial charge in [-0.1, -0.05) is 30.0 Å². The van der Waals surface area contributed by atoms with Crippen LogP contribution in [0.5, 0.6) is 5.75 Å². The van der Waals surface area contributed by atoms with Crippen molar-refractivity contribution in [3.8, 4) is 23.3 Å². The van der Waals surface area contributed by atoms with Crippen LogP contribution in [-0.2, 0) is 0 Å². The minimum Gasteiger partial charge on any atom is -0.495 e. The molecule has 0 saturated carbocycles. The minimum atomic E-state index is -0.119. The molecular formula is C26H24N4O2. The van der Waals surface area contributed by atoms with Gasteiger partial charge in [-0.3, -0.25) is 9.79 Å². The SMILES string of the molecule is COc1ccccc1C#Cc1cc(C(=O)NCCCC2=CCN=C2)ccc1-n1cccn1. The Morgan fingerprint density at radius 2 is 2.03 bits per heavy atom. The Bertz CT molecular complexity index is 1210. The highest BCUT2D eigenvalue weighted by molar-refractivity contribution is 5.95. The Morgan fingerprint density at radius 3 is 2.81 bits per heavy atom. The summed E-state index contributed by atoms with van der Waals surface area (Å²) >= 11 is 0. The molecule has 1 aliphatic rings. The lowest BCUT2D eigenvalue weighted by atomic mass is 10.1. The van der Waals surface area contributed by atoms with Crippen molar-refractivity contribution in [3.05, 3.63) is 89.3 Å². The smallest absolute Gasteiger partial charge is 0.251 e. The molecular weight excluding hydrogens is 400 g/mol. The van der Waals surface area contributed by atoms with E-state index in [4.69, 9.17) is 4.74 Å². The van der Waals surface area contributed by atoms with Crippen LogP contribution >= 0.6 is 0 Å². The number of ether oxygens (including phenoxy) is 1. The molecule has 0 bridgehead atoms. The zero-order valence-electron chi connectivity index (χ0n) is 17.9. The van der Waals surface area contributed by atoms with Gasteiger partial charge in [-0.05, 0) is 54.8 Å². The van der Waals surface area contributed by atoms with Gasteiger partial charge < -0.3 is 10.1 Å². The molecule has 6 nitrogen and oxygen atoms in total. The molecule has 0 saturated heterocycles. The molecule has 32 heavy (non-hydrogen) atoms. The molecule has 0 atom stereocenters. The second kappa shape index (κ2) is 10.3. The van der Waals surface area contributed by atoms with Crippen molar-refractivity contribution in [2.45, 2.75) is 12.8 Å². The standard InChI is InChI=1S/C26H24N4O2/c1-32-25-8-3-2-7-21(25)9-10-22-18-23(11-12-24(22)30-17-5-15-29-30)26(31)28-14-4-6-20-13-16-27-19-20/h2-3,5,7-8,11-13,15,17-19H,4,6,14,16H2,1H3,(H,28,31). The van der Waals surface area contributed by atoms with Crippen LogP contribution in [0.2, 0.25) is 0 Å². The molecule has 3 aromatic rings. The molecule has 1 amide bonds. The molecule has 6 heteroatoms. The van der Waals surface area contributed by atoms with Crippen LogP contribution < -0.4 is 10.1 Å². The fourth-order valence-electron chi connectivity index (χ4n) is 3.43. The maximum atomic E-state index is 12.7. The number of allylic oxidation sites excluding steroid dienone is 1. The van der Waals surface area contributed by atoms with Crippen LogP contribution in [0.1, 0.15) is 34.3 Å². The summed E-state index contributed by atoms with van der Waals surface area (Å²) in [6, 6.07) is 14.9. The van der Waals surface area contributed by atoms with Gasteiger partial charge in [0.1, 0.15) is 5.75 Å². The molecule has 0 unspecified atom stereocenters. The van der Waals surface area contributed by atoms with Gasteiger partial charge in [-0.15, -0.1) is 0 Å². The molecule has 0 fully saturated rings. The van der Waals surface area contributed by atoms with Crippen molar-refractivity contribution >= 4 is 12.1 Å². The Morgan fingerprint density at radius 1 is 1.16 bits per heavy atom. The third-order valence-corrected chi connectivity index (χ3v) is 5.09. The summed E-state index contributed by atoms with van der Waals surface area (Å²) in [5.41, 5.74) is 4.09. The van der Waals surface area contributed by atoms with Gasteiger partial charge in [0.25, 0.3) is 5.91 Å². The predicted molar refractivity (Wildman–Crippen MR) is 126 cm³/mol. The molecule has 1 aliphatic heterocycles. The first kappa shape index (κ1) is 21.1. The summed E-state index contributed by atoms with van der Waals surface area (Å²) < 4.78 is 7.13. The number of carbonyl (C=O) groups is 1. The number of carbonyl (C=O) groups excluding carboxylic acids is 1. The predicted octanol–water partition coefficient (Wildman–Crippen LogP) is 3.80. The summed E-state index contributed by atoms with van der Waals surface area (Å²) in [6.45, 7) is 1.37. The Kier molecular flexibility index (Phi) is 6.78. The molecule has 160 valence electrons. The van der Waals surface area contributed by atoms with Gasteiger partial charge in [0.05, 0.1) is 30.5 Å². The van der Waals surface area contributed by atoms with Gasteiger partial charge in [-0.25, -0.2) is 4.68 Å². The molecule has 2 heterocycles. The number of nitrogens with one attached hydrogen (secondary N) is 1. The van der Waals surface area contributed by atoms with E-state index in [1.54, 1.807) is 30.1 Å². The lowest BCUT2D eigenvalue weighted by molar-refractivity contribution is 0.0953. The molecule has 0 spiro atoms. The van der Waals surface area contributed by atoms with Crippen LogP contribution in [0.25, 0.3) is 5.69 Å². The number of hydrogen-bond donors (Lipinski definition) is 1. The first-order chi connectivity index (χ1) is 15.7. The van der Waals surface area contributed by atoms with Gasteiger partial charge in [0.15, 0.2) is 0 Å². The summed E-state index contributed by atoms with van der Waals surface area (Å²) in [4.78, 5) is 16.9. The number of amides is 1. The minimum absolute atomic E-state index is 0.119. The molecule has 0 radical (unpaired) electrons. The van der Waals surface area contributed by atoms with Gasteiger partial charge in [0.2, 0.25) is 0 Å². The quantitative estimate of drug-likeness (QED) is 0.463. The number of benzene rings is 2. The Labute approximate surface area is 187 Å². The van der Waals surface area contributed by atoms with Crippen LogP contribution in [0.3, 0.4) is 0 Å². The second-order valence-corrected chi connectivity index (χ2v) is 7.27. The lowest BCUT2D eigenvalue weighted by Crippen LogP contribution is -2.24. The van der Waals surface area contributed by atoms with Crippen molar-refractivity contribution in [2.75, 3.05) is 20.2 Å². The molecule has 1 N–H and O–H groups in total. The number of para-hydroxylation sites is 1. The normalized spacial score (nSPS) is 12.1. The number of aromatic nitrogens is 2. The monoisotopic (exact) mass is 424 g/mol. The van der Waals surface area contributed by atoms with Crippen molar-refractivity contribution in [3.63, 3.8) is 0 Å². The van der Waals surface area contributed by atoms with E-state index in [1.165, 1.54) is 5.57 Å². The van der Waals surface area contributed by atoms with E-state index in [-0.39, 0.29) is 5.91 Å². The van der Waals surface area contributed by atoms with Crippen molar-refractivity contribution in [2.24, 2.45) is 4.99 Å². The van der Waals surface area contributed by atoms with E-state index in [2.05, 4.69) is 33.3 Å². The van der Waals surface area contributed by atoms with Crippen molar-refractivity contribution in [1.82, 2.24) is 15.1 Å². The maximum Gasteiger partial charge on any atom is 0.251 e. The van der Waals surface area contributed by atoms with Gasteiger partial charge in [-0.2, -0.15) is 5.10 Å². The van der Waals surface area contributed by atoms with E-state index in [0.29, 0.717) is 23.4 Å². The summed E-state index contributed by atoms with van der Waals surface area (Å²) in [6.07, 6.45) is 9.37. The average molecular weight is 425 g/mol. The van der Waals surface area contributed by atoms with Crippen molar-refractivity contribution < 1.29 is 9.53 Å². The topological polar surface area (TPSA) is 68.5 Å². The lowest BCUT2D eigenvalue weighted by Gasteiger charge is -2.09. The van der Waals surface area contributed by atoms with E-state index in [0.717, 1.165) is 30.6 Å². The molecule has 2 aromatic carbocycles. The number of nitrogens with zero attached hydrogens (tertiary/aromatic N) is 3. The third kappa shape index (κ3) is 5.13. The number of rotatable bonds is 7. The first-order valence-electron chi connectivity index (χ1n) is 10.5. The van der Waals surface area contributed by atoms with E-state index >= 15 is 0 Å². The zero-order chi connectivity index (χ0) is 22.2. The third-order valence-electron chi connectivity index (χ3n) is 5.09. The van der Waals surface area contributed by atoms with Crippen molar-refractivity contribution in [1.29, 1.82) is 0 Å². The first-order valence-corrected chi connectivity index (χ1v) is 10.5. The van der Waals surface area contributed by atoms with Crippen LogP contribution in [0, 0.1) is 11.8 Å². The molecule has 1 aromatic heterocycles. The van der Waals surface area contributed by atoms with E-state index in [1.807, 2.05) is 48.8 Å². The molecule has 4 rings (SSSR count). The fourth-order valence-corrected chi connectivity index (χ4v) is 3.43. The van der Waals surface area contributed by atoms with Gasteiger partial charge in [0, 0.05) is 30.7 Å². The van der Waals surface area contributed by atoms with E-state index in [9.17, 15) is 4.79 Å². The maximum absolute atomic E-state index is 12.7. The Hall–Kier alpha value is -4.11. The Balaban J connectivity index is 1.54. The summed E-state index contributed by atoms with van der Waals surface area (Å²) in [5.74, 6) is 6.95. The van der Waals surface area contributed by atoms with Crippen LogP contribution in [0.15, 0.2) is 77.6 Å². The number of hydrogen-bond acceptors (Lipinski definition) is 4.